The molecule has 1 aliphatic heterocycles. The summed E-state index contributed by atoms with van der Waals surface area (Å²) in [6.45, 7) is 0. The Bertz CT molecular complexity index is 663. The SMILES string of the molecule is COc1ccc(Br)cc1/C=N\N=C1\NC(=O)[C@@H](CC(=O)[O-])S1. The maximum Gasteiger partial charge on any atom is 0.239 e. The van der Waals surface area contributed by atoms with Crippen molar-refractivity contribution in [2.45, 2.75) is 11.7 Å². The van der Waals surface area contributed by atoms with Gasteiger partial charge in [-0.1, -0.05) is 27.7 Å². The van der Waals surface area contributed by atoms with Gasteiger partial charge in [0.05, 0.1) is 18.6 Å². The van der Waals surface area contributed by atoms with Gasteiger partial charge in [-0.3, -0.25) is 4.79 Å². The van der Waals surface area contributed by atoms with Gasteiger partial charge in [0.15, 0.2) is 5.17 Å². The van der Waals surface area contributed by atoms with Crippen molar-refractivity contribution in [3.8, 4) is 5.75 Å². The molecule has 1 fully saturated rings. The number of nitrogens with one attached hydrogen (secondary N) is 1. The van der Waals surface area contributed by atoms with Gasteiger partial charge in [-0.2, -0.15) is 5.10 Å². The number of halogens is 1. The topological polar surface area (TPSA) is 103 Å². The van der Waals surface area contributed by atoms with Gasteiger partial charge in [-0.05, 0) is 18.2 Å². The van der Waals surface area contributed by atoms with Gasteiger partial charge in [0.25, 0.3) is 0 Å². The molecule has 1 amide bonds. The molecule has 1 N–H and O–H groups in total. The molecule has 0 radical (unpaired) electrons. The van der Waals surface area contributed by atoms with Gasteiger partial charge in [0.2, 0.25) is 5.91 Å². The highest BCUT2D eigenvalue weighted by Crippen LogP contribution is 2.23. The van der Waals surface area contributed by atoms with Crippen LogP contribution in [-0.2, 0) is 9.59 Å². The Morgan fingerprint density at radius 1 is 1.59 bits per heavy atom. The smallest absolute Gasteiger partial charge is 0.239 e. The molecule has 22 heavy (non-hydrogen) atoms. The number of hydrogen-bond donors (Lipinski definition) is 1. The molecule has 0 spiro atoms. The van der Waals surface area contributed by atoms with E-state index < -0.39 is 17.1 Å². The summed E-state index contributed by atoms with van der Waals surface area (Å²) in [5.41, 5.74) is 0.710. The zero-order valence-electron chi connectivity index (χ0n) is 11.4. The molecule has 1 aromatic rings. The molecule has 116 valence electrons. The Morgan fingerprint density at radius 2 is 2.36 bits per heavy atom. The van der Waals surface area contributed by atoms with Crippen LogP contribution in [0.4, 0.5) is 0 Å². The fourth-order valence-electron chi connectivity index (χ4n) is 1.69. The summed E-state index contributed by atoms with van der Waals surface area (Å²) in [6, 6.07) is 5.42. The molecule has 0 bridgehead atoms. The lowest BCUT2D eigenvalue weighted by Crippen LogP contribution is -2.31. The molecule has 2 rings (SSSR count). The van der Waals surface area contributed by atoms with Crippen molar-refractivity contribution in [3.05, 3.63) is 28.2 Å². The number of carboxylic acids is 1. The highest BCUT2D eigenvalue weighted by molar-refractivity contribution is 9.10. The van der Waals surface area contributed by atoms with Gasteiger partial charge < -0.3 is 20.0 Å². The van der Waals surface area contributed by atoms with Gasteiger partial charge in [0.1, 0.15) is 5.75 Å². The summed E-state index contributed by atoms with van der Waals surface area (Å²) in [5, 5.41) is 20.2. The molecule has 1 aliphatic rings. The lowest BCUT2D eigenvalue weighted by molar-refractivity contribution is -0.305. The van der Waals surface area contributed by atoms with Crippen LogP contribution in [0.25, 0.3) is 0 Å². The summed E-state index contributed by atoms with van der Waals surface area (Å²) >= 11 is 4.36. The van der Waals surface area contributed by atoms with Crippen LogP contribution in [0.15, 0.2) is 32.9 Å². The van der Waals surface area contributed by atoms with E-state index in [9.17, 15) is 14.7 Å². The van der Waals surface area contributed by atoms with E-state index >= 15 is 0 Å². The maximum atomic E-state index is 11.5. The van der Waals surface area contributed by atoms with Gasteiger partial charge in [-0.15, -0.1) is 5.10 Å². The molecular formula is C13H11BrN3O4S-. The first-order chi connectivity index (χ1) is 10.5. The lowest BCUT2D eigenvalue weighted by Gasteiger charge is -2.04. The lowest BCUT2D eigenvalue weighted by atomic mass is 10.2. The molecule has 7 nitrogen and oxygen atoms in total. The number of amidine groups is 1. The van der Waals surface area contributed by atoms with Crippen LogP contribution in [0.1, 0.15) is 12.0 Å². The number of thioether (sulfide) groups is 1. The van der Waals surface area contributed by atoms with E-state index in [1.165, 1.54) is 6.21 Å². The van der Waals surface area contributed by atoms with Crippen LogP contribution in [0.5, 0.6) is 5.75 Å². The number of hydrogen-bond acceptors (Lipinski definition) is 7. The van der Waals surface area contributed by atoms with Crippen LogP contribution in [0.2, 0.25) is 0 Å². The fraction of sp³-hybridized carbons (Fsp3) is 0.231. The number of carbonyl (C=O) groups is 2. The first kappa shape index (κ1) is 16.5. The summed E-state index contributed by atoms with van der Waals surface area (Å²) < 4.78 is 6.05. The second kappa shape index (κ2) is 7.41. The number of carboxylic acid groups (broad SMARTS) is 1. The predicted molar refractivity (Wildman–Crippen MR) is 84.9 cm³/mol. The molecule has 1 saturated heterocycles. The molecule has 0 saturated carbocycles. The Morgan fingerprint density at radius 3 is 3.05 bits per heavy atom. The minimum Gasteiger partial charge on any atom is -0.550 e. The third kappa shape index (κ3) is 4.31. The Labute approximate surface area is 139 Å². The van der Waals surface area contributed by atoms with Crippen molar-refractivity contribution >= 4 is 51.0 Å². The normalized spacial score (nSPS) is 19.6. The largest absolute Gasteiger partial charge is 0.550 e. The minimum absolute atomic E-state index is 0.251. The van der Waals surface area contributed by atoms with Crippen LogP contribution in [0.3, 0.4) is 0 Å². The van der Waals surface area contributed by atoms with E-state index in [-0.39, 0.29) is 11.6 Å². The molecule has 0 aromatic heterocycles. The molecule has 9 heteroatoms. The number of carbonyl (C=O) groups excluding carboxylic acids is 2. The van der Waals surface area contributed by atoms with E-state index in [4.69, 9.17) is 4.74 Å². The van der Waals surface area contributed by atoms with E-state index in [2.05, 4.69) is 31.4 Å². The van der Waals surface area contributed by atoms with Gasteiger partial charge >= 0.3 is 0 Å². The van der Waals surface area contributed by atoms with Crippen molar-refractivity contribution < 1.29 is 19.4 Å². The zero-order valence-corrected chi connectivity index (χ0v) is 13.8. The van der Waals surface area contributed by atoms with Crippen LogP contribution in [0, 0.1) is 0 Å². The van der Waals surface area contributed by atoms with Crippen LogP contribution in [-0.4, -0.2) is 35.6 Å². The highest BCUT2D eigenvalue weighted by atomic mass is 79.9. The number of nitrogens with zero attached hydrogens (tertiary/aromatic N) is 2. The Kier molecular flexibility index (Phi) is 5.56. The second-order valence-corrected chi connectivity index (χ2v) is 6.31. The fourth-order valence-corrected chi connectivity index (χ4v) is 2.98. The summed E-state index contributed by atoms with van der Waals surface area (Å²) in [7, 11) is 1.55. The zero-order chi connectivity index (χ0) is 16.1. The number of ether oxygens (including phenoxy) is 1. The highest BCUT2D eigenvalue weighted by Gasteiger charge is 2.30. The summed E-state index contributed by atoms with van der Waals surface area (Å²) in [6.07, 6.45) is 1.12. The monoisotopic (exact) mass is 384 g/mol. The molecule has 0 unspecified atom stereocenters. The third-order valence-corrected chi connectivity index (χ3v) is 4.23. The van der Waals surface area contributed by atoms with E-state index in [1.54, 1.807) is 13.2 Å². The average molecular weight is 385 g/mol. The maximum absolute atomic E-state index is 11.5. The number of benzene rings is 1. The predicted octanol–water partition coefficient (Wildman–Crippen LogP) is 0.519. The quantitative estimate of drug-likeness (QED) is 0.588. The van der Waals surface area contributed by atoms with E-state index in [1.807, 2.05) is 12.1 Å². The molecule has 1 aromatic carbocycles. The Hall–Kier alpha value is -1.87. The van der Waals surface area contributed by atoms with Crippen molar-refractivity contribution in [2.75, 3.05) is 7.11 Å². The minimum atomic E-state index is -1.28. The van der Waals surface area contributed by atoms with Crippen molar-refractivity contribution in [1.82, 2.24) is 5.32 Å². The third-order valence-electron chi connectivity index (χ3n) is 2.67. The number of aliphatic carboxylic acids is 1. The van der Waals surface area contributed by atoms with Crippen LogP contribution < -0.4 is 15.2 Å². The Balaban J connectivity index is 2.07. The van der Waals surface area contributed by atoms with Gasteiger partial charge in [-0.25, -0.2) is 0 Å². The van der Waals surface area contributed by atoms with E-state index in [0.717, 1.165) is 16.2 Å². The number of amides is 1. The molecule has 1 heterocycles. The molecule has 0 aliphatic carbocycles. The molecule has 1 atom stereocenters. The molecular weight excluding hydrogens is 374 g/mol. The summed E-state index contributed by atoms with van der Waals surface area (Å²) in [4.78, 5) is 22.0. The van der Waals surface area contributed by atoms with Crippen molar-refractivity contribution in [1.29, 1.82) is 0 Å². The average Bonchev–Trinajstić information content (AvgIpc) is 2.78. The van der Waals surface area contributed by atoms with E-state index in [0.29, 0.717) is 11.3 Å². The van der Waals surface area contributed by atoms with Gasteiger partial charge in [0, 0.05) is 22.4 Å². The first-order valence-electron chi connectivity index (χ1n) is 6.11. The number of rotatable bonds is 5. The second-order valence-electron chi connectivity index (χ2n) is 4.21. The van der Waals surface area contributed by atoms with Crippen LogP contribution >= 0.6 is 27.7 Å². The van der Waals surface area contributed by atoms with Crippen molar-refractivity contribution in [3.63, 3.8) is 0 Å². The number of methoxy groups -OCH3 is 1. The van der Waals surface area contributed by atoms with Crippen molar-refractivity contribution in [2.24, 2.45) is 10.2 Å². The first-order valence-corrected chi connectivity index (χ1v) is 7.79. The standard InChI is InChI=1S/C13H12BrN3O4S/c1-21-9-3-2-8(14)4-7(9)6-15-17-13-16-12(20)10(22-13)5-11(18)19/h2-4,6,10H,5H2,1H3,(H,18,19)(H,16,17,20)/p-1/b15-6-/t10-/m1/s1. The summed E-state index contributed by atoms with van der Waals surface area (Å²) in [5.74, 6) is -1.07.